The maximum absolute atomic E-state index is 13.5. The third-order valence-electron chi connectivity index (χ3n) is 4.76. The molecule has 4 rings (SSSR count). The number of thioether (sulfide) groups is 1. The largest absolute Gasteiger partial charge is 0.476 e. The first-order valence-corrected chi connectivity index (χ1v) is 13.7. The van der Waals surface area contributed by atoms with Gasteiger partial charge in [-0.3, -0.25) is 14.4 Å². The van der Waals surface area contributed by atoms with Gasteiger partial charge in [0.2, 0.25) is 5.13 Å². The van der Waals surface area contributed by atoms with E-state index in [1.807, 2.05) is 6.92 Å². The molecule has 0 saturated carbocycles. The number of aromatic nitrogens is 2. The van der Waals surface area contributed by atoms with E-state index in [4.69, 9.17) is 16.3 Å². The molecule has 2 aromatic carbocycles. The lowest BCUT2D eigenvalue weighted by Gasteiger charge is -2.34. The molecule has 1 aliphatic heterocycles. The number of aryl methyl sites for hydroxylation is 1. The van der Waals surface area contributed by atoms with Crippen LogP contribution in [0.2, 0.25) is 5.02 Å². The van der Waals surface area contributed by atoms with Crippen molar-refractivity contribution in [2.75, 3.05) is 21.9 Å². The van der Waals surface area contributed by atoms with E-state index in [-0.39, 0.29) is 22.9 Å². The predicted octanol–water partition coefficient (Wildman–Crippen LogP) is 4.60. The fourth-order valence-corrected chi connectivity index (χ4v) is 6.43. The van der Waals surface area contributed by atoms with E-state index in [1.54, 1.807) is 36.0 Å². The number of amides is 1. The molecule has 2 heterocycles. The van der Waals surface area contributed by atoms with Gasteiger partial charge in [-0.2, -0.15) is 0 Å². The summed E-state index contributed by atoms with van der Waals surface area (Å²) in [6.07, 6.45) is -0.0918. The number of benzene rings is 2. The Bertz CT molecular complexity index is 1260. The zero-order chi connectivity index (χ0) is 23.6. The molecule has 3 aromatic rings. The summed E-state index contributed by atoms with van der Waals surface area (Å²) in [5.74, 6) is 0.639. The van der Waals surface area contributed by atoms with Crippen LogP contribution in [0.1, 0.15) is 18.9 Å². The van der Waals surface area contributed by atoms with Crippen LogP contribution in [0.5, 0.6) is 5.75 Å². The molecule has 0 bridgehead atoms. The van der Waals surface area contributed by atoms with E-state index in [0.717, 1.165) is 26.4 Å². The number of hydrogen-bond donors (Lipinski definition) is 1. The second-order valence-corrected chi connectivity index (χ2v) is 11.9. The molecular weight excluding hydrogens is 504 g/mol. The number of nitrogens with zero attached hydrogens (tertiary/aromatic N) is 3. The van der Waals surface area contributed by atoms with Gasteiger partial charge < -0.3 is 4.74 Å². The number of carbonyl (C=O) groups is 1. The first kappa shape index (κ1) is 23.8. The number of rotatable bonds is 7. The van der Waals surface area contributed by atoms with Crippen molar-refractivity contribution in [3.8, 4) is 5.75 Å². The van der Waals surface area contributed by atoms with E-state index in [1.165, 1.54) is 29.5 Å². The summed E-state index contributed by atoms with van der Waals surface area (Å²) in [4.78, 5) is 13.1. The molecule has 0 fully saturated rings. The van der Waals surface area contributed by atoms with E-state index >= 15 is 0 Å². The highest BCUT2D eigenvalue weighted by atomic mass is 35.5. The fourth-order valence-electron chi connectivity index (χ4n) is 3.12. The van der Waals surface area contributed by atoms with Gasteiger partial charge in [0.05, 0.1) is 17.1 Å². The highest BCUT2D eigenvalue weighted by Crippen LogP contribution is 2.39. The summed E-state index contributed by atoms with van der Waals surface area (Å²) < 4.78 is 34.7. The highest BCUT2D eigenvalue weighted by molar-refractivity contribution is 8.01. The van der Waals surface area contributed by atoms with Crippen molar-refractivity contribution in [3.05, 3.63) is 53.1 Å². The average molecular weight is 525 g/mol. The van der Waals surface area contributed by atoms with Crippen molar-refractivity contribution in [3.63, 3.8) is 0 Å². The van der Waals surface area contributed by atoms with Gasteiger partial charge >= 0.3 is 0 Å². The van der Waals surface area contributed by atoms with E-state index in [0.29, 0.717) is 10.2 Å². The van der Waals surface area contributed by atoms with E-state index in [2.05, 4.69) is 22.4 Å². The molecule has 0 spiro atoms. The number of halogens is 1. The smallest absolute Gasteiger partial charge is 0.269 e. The second-order valence-electron chi connectivity index (χ2n) is 7.28. The molecule has 1 aromatic heterocycles. The Hall–Kier alpha value is -2.34. The van der Waals surface area contributed by atoms with Crippen LogP contribution < -0.4 is 14.4 Å². The van der Waals surface area contributed by atoms with Crippen molar-refractivity contribution in [1.29, 1.82) is 0 Å². The average Bonchev–Trinajstić information content (AvgIpc) is 3.24. The van der Waals surface area contributed by atoms with Gasteiger partial charge in [-0.25, -0.2) is 8.42 Å². The molecule has 174 valence electrons. The van der Waals surface area contributed by atoms with Crippen molar-refractivity contribution in [2.45, 2.75) is 35.6 Å². The molecule has 1 N–H and O–H groups in total. The minimum atomic E-state index is -3.97. The molecule has 1 aliphatic rings. The Morgan fingerprint density at radius 1 is 1.27 bits per heavy atom. The van der Waals surface area contributed by atoms with Crippen molar-refractivity contribution >= 4 is 61.4 Å². The summed E-state index contributed by atoms with van der Waals surface area (Å²) in [7, 11) is -3.97. The van der Waals surface area contributed by atoms with Crippen molar-refractivity contribution in [1.82, 2.24) is 10.2 Å². The van der Waals surface area contributed by atoms with Gasteiger partial charge in [-0.15, -0.1) is 10.2 Å². The molecule has 1 atom stereocenters. The third kappa shape index (κ3) is 5.26. The number of sulfonamides is 1. The van der Waals surface area contributed by atoms with Gasteiger partial charge in [-0.05, 0) is 43.7 Å². The van der Waals surface area contributed by atoms with Crippen LogP contribution in [0.3, 0.4) is 0 Å². The molecule has 0 aliphatic carbocycles. The van der Waals surface area contributed by atoms with Gasteiger partial charge in [0.1, 0.15) is 5.75 Å². The number of anilines is 2. The van der Waals surface area contributed by atoms with Gasteiger partial charge in [-0.1, -0.05) is 59.3 Å². The second kappa shape index (κ2) is 9.88. The molecule has 0 saturated heterocycles. The molecule has 8 nitrogen and oxygen atoms in total. The minimum absolute atomic E-state index is 0.113. The standard InChI is InChI=1S/C21H21ClN4O4S3/c1-3-10-31-21-25-24-20(32-21)23-19(27)18-12-26(16-11-14(22)6-9-17(16)30-18)33(28,29)15-7-4-13(2)5-8-15/h4-9,11,18H,3,10,12H2,1-2H3,(H,23,24,27)/t18-/m0/s1. The monoisotopic (exact) mass is 524 g/mol. The van der Waals surface area contributed by atoms with Crippen molar-refractivity contribution in [2.24, 2.45) is 0 Å². The fraction of sp³-hybridized carbons (Fsp3) is 0.286. The van der Waals surface area contributed by atoms with Crippen molar-refractivity contribution < 1.29 is 17.9 Å². The molecule has 33 heavy (non-hydrogen) atoms. The number of carbonyl (C=O) groups excluding carboxylic acids is 1. The Morgan fingerprint density at radius 3 is 2.76 bits per heavy atom. The van der Waals surface area contributed by atoms with Crippen LogP contribution in [-0.2, 0) is 14.8 Å². The van der Waals surface area contributed by atoms with Gasteiger partial charge in [0, 0.05) is 10.8 Å². The van der Waals surface area contributed by atoms with Crippen LogP contribution >= 0.6 is 34.7 Å². The van der Waals surface area contributed by atoms with Crippen LogP contribution in [0, 0.1) is 6.92 Å². The maximum Gasteiger partial charge on any atom is 0.269 e. The molecule has 12 heteroatoms. The van der Waals surface area contributed by atoms with Crippen LogP contribution in [0.4, 0.5) is 10.8 Å². The van der Waals surface area contributed by atoms with Gasteiger partial charge in [0.25, 0.3) is 15.9 Å². The first-order valence-electron chi connectivity index (χ1n) is 10.1. The lowest BCUT2D eigenvalue weighted by molar-refractivity contribution is -0.122. The van der Waals surface area contributed by atoms with E-state index in [9.17, 15) is 13.2 Å². The molecule has 0 unspecified atom stereocenters. The molecule has 0 radical (unpaired) electrons. The van der Waals surface area contributed by atoms with Crippen LogP contribution in [0.15, 0.2) is 51.7 Å². The number of nitrogens with one attached hydrogen (secondary N) is 1. The highest BCUT2D eigenvalue weighted by Gasteiger charge is 2.38. The summed E-state index contributed by atoms with van der Waals surface area (Å²) in [5.41, 5.74) is 1.21. The predicted molar refractivity (Wildman–Crippen MR) is 131 cm³/mol. The van der Waals surface area contributed by atoms with Crippen LogP contribution in [-0.4, -0.2) is 42.9 Å². The normalized spacial score (nSPS) is 15.6. The van der Waals surface area contributed by atoms with E-state index < -0.39 is 22.0 Å². The number of fused-ring (bicyclic) bond motifs is 1. The number of hydrogen-bond acceptors (Lipinski definition) is 8. The molecular formula is C21H21ClN4O4S3. The first-order chi connectivity index (χ1) is 15.8. The lowest BCUT2D eigenvalue weighted by Crippen LogP contribution is -2.48. The molecule has 1 amide bonds. The Kier molecular flexibility index (Phi) is 7.13. The third-order valence-corrected chi connectivity index (χ3v) is 8.97. The summed E-state index contributed by atoms with van der Waals surface area (Å²) in [6, 6.07) is 11.2. The SMILES string of the molecule is CCCSc1nnc(NC(=O)[C@@H]2CN(S(=O)(=O)c3ccc(C)cc3)c3cc(Cl)ccc3O2)s1. The summed E-state index contributed by atoms with van der Waals surface area (Å²) in [5, 5.41) is 11.4. The minimum Gasteiger partial charge on any atom is -0.476 e. The van der Waals surface area contributed by atoms with Gasteiger partial charge in [0.15, 0.2) is 10.4 Å². The topological polar surface area (TPSA) is 101 Å². The Balaban J connectivity index is 1.61. The summed E-state index contributed by atoms with van der Waals surface area (Å²) >= 11 is 8.95. The lowest BCUT2D eigenvalue weighted by atomic mass is 10.2. The zero-order valence-electron chi connectivity index (χ0n) is 17.8. The quantitative estimate of drug-likeness (QED) is 0.356. The Labute approximate surface area is 205 Å². The zero-order valence-corrected chi connectivity index (χ0v) is 21.0. The number of ether oxygens (including phenoxy) is 1. The summed E-state index contributed by atoms with van der Waals surface area (Å²) in [6.45, 7) is 3.73. The Morgan fingerprint density at radius 2 is 2.03 bits per heavy atom. The van der Waals surface area contributed by atoms with Crippen LogP contribution in [0.25, 0.3) is 0 Å². The maximum atomic E-state index is 13.5.